The summed E-state index contributed by atoms with van der Waals surface area (Å²) in [5.74, 6) is -0.0135. The molecule has 1 amide bonds. The van der Waals surface area contributed by atoms with E-state index in [2.05, 4.69) is 20.3 Å². The molecule has 0 atom stereocenters. The van der Waals surface area contributed by atoms with E-state index in [-0.39, 0.29) is 10.8 Å². The third-order valence-corrected chi connectivity index (χ3v) is 6.12. The number of carbonyl (C=O) groups is 1. The monoisotopic (exact) mass is 366 g/mol. The zero-order valence-corrected chi connectivity index (χ0v) is 15.2. The fourth-order valence-corrected chi connectivity index (χ4v) is 4.37. The molecule has 3 N–H and O–H groups in total. The van der Waals surface area contributed by atoms with Gasteiger partial charge in [-0.1, -0.05) is 0 Å². The van der Waals surface area contributed by atoms with Crippen LogP contribution in [-0.4, -0.2) is 58.5 Å². The quantitative estimate of drug-likeness (QED) is 0.639. The minimum Gasteiger partial charge on any atom is -0.326 e. The van der Waals surface area contributed by atoms with E-state index in [9.17, 15) is 13.2 Å². The van der Waals surface area contributed by atoms with E-state index in [1.165, 1.54) is 0 Å². The van der Waals surface area contributed by atoms with Gasteiger partial charge in [0.05, 0.1) is 4.90 Å². The normalized spacial score (nSPS) is 19.1. The lowest BCUT2D eigenvalue weighted by Gasteiger charge is -2.27. The molecule has 0 aliphatic carbocycles. The fourth-order valence-electron chi connectivity index (χ4n) is 3.25. The summed E-state index contributed by atoms with van der Waals surface area (Å²) < 4.78 is 27.7. The molecule has 8 heteroatoms. The van der Waals surface area contributed by atoms with Gasteiger partial charge in [-0.15, -0.1) is 0 Å². The van der Waals surface area contributed by atoms with Crippen molar-refractivity contribution in [3.8, 4) is 0 Å². The summed E-state index contributed by atoms with van der Waals surface area (Å²) in [4.78, 5) is 14.2. The van der Waals surface area contributed by atoms with Crippen LogP contribution in [0.25, 0.3) is 0 Å². The van der Waals surface area contributed by atoms with Gasteiger partial charge in [0.2, 0.25) is 15.9 Å². The van der Waals surface area contributed by atoms with Crippen molar-refractivity contribution in [3.05, 3.63) is 23.8 Å². The van der Waals surface area contributed by atoms with E-state index in [0.717, 1.165) is 56.8 Å². The number of rotatable bonds is 6. The van der Waals surface area contributed by atoms with Crippen molar-refractivity contribution in [2.75, 3.05) is 44.6 Å². The molecule has 0 aromatic heterocycles. The first kappa shape index (κ1) is 18.3. The lowest BCUT2D eigenvalue weighted by atomic mass is 10.1. The summed E-state index contributed by atoms with van der Waals surface area (Å²) in [6, 6.07) is 4.93. The first-order valence-corrected chi connectivity index (χ1v) is 10.4. The van der Waals surface area contributed by atoms with Gasteiger partial charge in [0.25, 0.3) is 0 Å². The van der Waals surface area contributed by atoms with Gasteiger partial charge < -0.3 is 15.5 Å². The molecule has 3 rings (SSSR count). The Morgan fingerprint density at radius 1 is 1.16 bits per heavy atom. The second kappa shape index (κ2) is 8.27. The Labute approximate surface area is 149 Å². The molecular weight excluding hydrogens is 340 g/mol. The van der Waals surface area contributed by atoms with Gasteiger partial charge >= 0.3 is 0 Å². The summed E-state index contributed by atoms with van der Waals surface area (Å²) in [6.45, 7) is 5.36. The number of hydrogen-bond donors (Lipinski definition) is 3. The van der Waals surface area contributed by atoms with Crippen molar-refractivity contribution in [1.82, 2.24) is 14.9 Å². The number of nitrogens with one attached hydrogen (secondary N) is 3. The minimum absolute atomic E-state index is 0.0135. The smallest absolute Gasteiger partial charge is 0.240 e. The molecule has 0 saturated carbocycles. The standard InChI is InChI=1S/C17H26N4O3S/c22-17-4-1-3-14-13-15(5-6-16(14)20-17)25(23,24)19-7-2-10-21-11-8-18-9-12-21/h5-6,13,18-19H,1-4,7-12H2,(H,20,22). The third-order valence-electron chi connectivity index (χ3n) is 4.66. The van der Waals surface area contributed by atoms with E-state index in [4.69, 9.17) is 0 Å². The van der Waals surface area contributed by atoms with Crippen molar-refractivity contribution < 1.29 is 13.2 Å². The first-order valence-electron chi connectivity index (χ1n) is 8.90. The molecule has 2 aliphatic heterocycles. The average molecular weight is 366 g/mol. The number of piperazine rings is 1. The lowest BCUT2D eigenvalue weighted by molar-refractivity contribution is -0.116. The Morgan fingerprint density at radius 2 is 1.96 bits per heavy atom. The molecule has 7 nitrogen and oxygen atoms in total. The molecular formula is C17H26N4O3S. The molecule has 0 spiro atoms. The van der Waals surface area contributed by atoms with Gasteiger partial charge in [-0.25, -0.2) is 13.1 Å². The average Bonchev–Trinajstić information content (AvgIpc) is 2.79. The van der Waals surface area contributed by atoms with Gasteiger partial charge in [0.15, 0.2) is 0 Å². The van der Waals surface area contributed by atoms with Crippen molar-refractivity contribution in [3.63, 3.8) is 0 Å². The summed E-state index contributed by atoms with van der Waals surface area (Å²) >= 11 is 0. The molecule has 138 valence electrons. The maximum absolute atomic E-state index is 12.5. The molecule has 25 heavy (non-hydrogen) atoms. The molecule has 0 unspecified atom stereocenters. The predicted octanol–water partition coefficient (Wildman–Crippen LogP) is 0.535. The number of amides is 1. The minimum atomic E-state index is -3.52. The van der Waals surface area contributed by atoms with Crippen molar-refractivity contribution in [1.29, 1.82) is 0 Å². The van der Waals surface area contributed by atoms with Crippen LogP contribution in [0, 0.1) is 0 Å². The largest absolute Gasteiger partial charge is 0.326 e. The number of carbonyl (C=O) groups excluding carboxylic acids is 1. The van der Waals surface area contributed by atoms with Gasteiger partial charge in [-0.3, -0.25) is 4.79 Å². The second-order valence-corrected chi connectivity index (χ2v) is 8.33. The fraction of sp³-hybridized carbons (Fsp3) is 0.588. The van der Waals surface area contributed by atoms with E-state index < -0.39 is 10.0 Å². The molecule has 1 aromatic rings. The number of fused-ring (bicyclic) bond motifs is 1. The highest BCUT2D eigenvalue weighted by Crippen LogP contribution is 2.25. The van der Waals surface area contributed by atoms with Crippen LogP contribution in [0.5, 0.6) is 0 Å². The van der Waals surface area contributed by atoms with Crippen LogP contribution < -0.4 is 15.4 Å². The number of hydrogen-bond acceptors (Lipinski definition) is 5. The highest BCUT2D eigenvalue weighted by atomic mass is 32.2. The molecule has 1 saturated heterocycles. The van der Waals surface area contributed by atoms with Crippen molar-refractivity contribution >= 4 is 21.6 Å². The summed E-state index contributed by atoms with van der Waals surface area (Å²) in [6.07, 6.45) is 2.71. The molecule has 0 bridgehead atoms. The lowest BCUT2D eigenvalue weighted by Crippen LogP contribution is -2.44. The van der Waals surface area contributed by atoms with Crippen LogP contribution in [0.2, 0.25) is 0 Å². The van der Waals surface area contributed by atoms with Crippen LogP contribution in [-0.2, 0) is 21.2 Å². The highest BCUT2D eigenvalue weighted by molar-refractivity contribution is 7.89. The molecule has 1 fully saturated rings. The van der Waals surface area contributed by atoms with Crippen LogP contribution in [0.4, 0.5) is 5.69 Å². The second-order valence-electron chi connectivity index (χ2n) is 6.56. The Morgan fingerprint density at radius 3 is 2.76 bits per heavy atom. The molecule has 0 radical (unpaired) electrons. The van der Waals surface area contributed by atoms with Gasteiger partial charge in [-0.2, -0.15) is 0 Å². The van der Waals surface area contributed by atoms with E-state index in [1.807, 2.05) is 0 Å². The van der Waals surface area contributed by atoms with Crippen LogP contribution in [0.1, 0.15) is 24.8 Å². The van der Waals surface area contributed by atoms with Gasteiger partial charge in [0.1, 0.15) is 0 Å². The van der Waals surface area contributed by atoms with Gasteiger partial charge in [0, 0.05) is 44.8 Å². The Bertz CT molecular complexity index is 715. The summed E-state index contributed by atoms with van der Waals surface area (Å²) in [5.41, 5.74) is 1.61. The zero-order valence-electron chi connectivity index (χ0n) is 14.4. The van der Waals surface area contributed by atoms with E-state index >= 15 is 0 Å². The maximum Gasteiger partial charge on any atom is 0.240 e. The summed E-state index contributed by atoms with van der Waals surface area (Å²) in [5, 5.41) is 6.13. The molecule has 2 aliphatic rings. The number of sulfonamides is 1. The zero-order chi connectivity index (χ0) is 17.7. The Balaban J connectivity index is 1.56. The van der Waals surface area contributed by atoms with Crippen molar-refractivity contribution in [2.45, 2.75) is 30.6 Å². The Kier molecular flexibility index (Phi) is 6.06. The number of anilines is 1. The molecule has 2 heterocycles. The highest BCUT2D eigenvalue weighted by Gasteiger charge is 2.18. The van der Waals surface area contributed by atoms with Crippen LogP contribution >= 0.6 is 0 Å². The van der Waals surface area contributed by atoms with Crippen LogP contribution in [0.3, 0.4) is 0 Å². The molecule has 1 aromatic carbocycles. The topological polar surface area (TPSA) is 90.5 Å². The van der Waals surface area contributed by atoms with Crippen molar-refractivity contribution in [2.24, 2.45) is 0 Å². The number of nitrogens with zero attached hydrogens (tertiary/aromatic N) is 1. The number of benzene rings is 1. The SMILES string of the molecule is O=C1CCCc2cc(S(=O)(=O)NCCCN3CCNCC3)ccc2N1. The number of aryl methyl sites for hydroxylation is 1. The predicted molar refractivity (Wildman–Crippen MR) is 97.1 cm³/mol. The summed E-state index contributed by atoms with van der Waals surface area (Å²) in [7, 11) is -3.52. The van der Waals surface area contributed by atoms with Crippen LogP contribution in [0.15, 0.2) is 23.1 Å². The van der Waals surface area contributed by atoms with E-state index in [1.54, 1.807) is 18.2 Å². The van der Waals surface area contributed by atoms with E-state index in [0.29, 0.717) is 19.4 Å². The maximum atomic E-state index is 12.5. The Hall–Kier alpha value is -1.48. The first-order chi connectivity index (χ1) is 12.0. The van der Waals surface area contributed by atoms with Gasteiger partial charge in [-0.05, 0) is 49.6 Å². The third kappa shape index (κ3) is 5.01.